The number of hydrogen-bond acceptors (Lipinski definition) is 6. The summed E-state index contributed by atoms with van der Waals surface area (Å²) in [5.41, 5.74) is 0.348. The van der Waals surface area contributed by atoms with E-state index in [2.05, 4.69) is 25.5 Å². The molecule has 0 radical (unpaired) electrons. The summed E-state index contributed by atoms with van der Waals surface area (Å²) in [4.78, 5) is 25.5. The van der Waals surface area contributed by atoms with Gasteiger partial charge in [0.15, 0.2) is 0 Å². The second-order valence-electron chi connectivity index (χ2n) is 10.1. The lowest BCUT2D eigenvalue weighted by Crippen LogP contribution is -2.20. The molecular weight excluding hydrogens is 563 g/mol. The molecule has 6 nitrogen and oxygen atoms in total. The average molecular weight is 590 g/mol. The van der Waals surface area contributed by atoms with E-state index in [0.29, 0.717) is 0 Å². The fourth-order valence-electron chi connectivity index (χ4n) is 4.11. The van der Waals surface area contributed by atoms with Crippen molar-refractivity contribution < 1.29 is 35.9 Å². The molecule has 0 aliphatic heterocycles. The van der Waals surface area contributed by atoms with Gasteiger partial charge in [-0.2, -0.15) is 13.2 Å². The molecular formula is C29H26F3NO5S2. The molecule has 40 heavy (non-hydrogen) atoms. The third-order valence-corrected chi connectivity index (χ3v) is 8.81. The van der Waals surface area contributed by atoms with Crippen molar-refractivity contribution in [2.24, 2.45) is 0 Å². The molecule has 0 aliphatic rings. The Kier molecular flexibility index (Phi) is 7.83. The highest BCUT2D eigenvalue weighted by Crippen LogP contribution is 2.34. The zero-order valence-corrected chi connectivity index (χ0v) is 23.7. The number of ether oxygens (including phenoxy) is 1. The number of alkyl halides is 3. The van der Waals surface area contributed by atoms with Gasteiger partial charge in [0, 0.05) is 5.39 Å². The van der Waals surface area contributed by atoms with E-state index in [-0.39, 0.29) is 31.8 Å². The van der Waals surface area contributed by atoms with Crippen molar-refractivity contribution in [2.45, 2.75) is 32.4 Å². The van der Waals surface area contributed by atoms with Crippen LogP contribution in [-0.2, 0) is 26.4 Å². The Balaban J connectivity index is 1.78. The maximum absolute atomic E-state index is 13.6. The van der Waals surface area contributed by atoms with Crippen LogP contribution in [0.3, 0.4) is 0 Å². The molecule has 0 saturated carbocycles. The number of benzene rings is 2. The molecule has 0 spiro atoms. The molecule has 4 rings (SSSR count). The number of fused-ring (bicyclic) bond motifs is 1. The Morgan fingerprint density at radius 1 is 0.950 bits per heavy atom. The molecule has 11 heteroatoms. The van der Waals surface area contributed by atoms with E-state index in [0.717, 1.165) is 50.7 Å². The van der Waals surface area contributed by atoms with Gasteiger partial charge < -0.3 is 4.74 Å². The van der Waals surface area contributed by atoms with Crippen molar-refractivity contribution in [2.75, 3.05) is 12.9 Å². The fraction of sp³-hybridized carbons (Fsp3) is 0.241. The summed E-state index contributed by atoms with van der Waals surface area (Å²) in [5.74, 6) is -1.95. The summed E-state index contributed by atoms with van der Waals surface area (Å²) in [6, 6.07) is 14.1. The number of carbonyl (C=O) groups is 2. The van der Waals surface area contributed by atoms with Crippen LogP contribution in [0.25, 0.3) is 17.0 Å². The first kappa shape index (κ1) is 29.3. The highest BCUT2D eigenvalue weighted by atomic mass is 32.2. The molecule has 2 heterocycles. The second kappa shape index (κ2) is 10.7. The minimum atomic E-state index is -4.66. The van der Waals surface area contributed by atoms with Crippen molar-refractivity contribution in [3.63, 3.8) is 0 Å². The standard InChI is InChI=1S/C29H26F3NO5S2/c1-28(2,3)20-9-5-7-18(15-20)8-6-14-40(36,37)33-22-11-10-21(29(30,31)32)16-19(22)17-23(33)26(34)24-12-13-25(39-24)27(35)38-4/h5-13,15-17H,14H2,1-4H3. The van der Waals surface area contributed by atoms with Crippen molar-refractivity contribution in [3.05, 3.63) is 98.9 Å². The van der Waals surface area contributed by atoms with Gasteiger partial charge in [0.2, 0.25) is 15.8 Å². The summed E-state index contributed by atoms with van der Waals surface area (Å²) in [6.45, 7) is 6.17. The van der Waals surface area contributed by atoms with E-state index in [1.165, 1.54) is 25.3 Å². The van der Waals surface area contributed by atoms with Crippen molar-refractivity contribution >= 4 is 50.1 Å². The molecule has 210 valence electrons. The van der Waals surface area contributed by atoms with Crippen LogP contribution in [0.5, 0.6) is 0 Å². The van der Waals surface area contributed by atoms with Crippen LogP contribution >= 0.6 is 11.3 Å². The summed E-state index contributed by atoms with van der Waals surface area (Å²) >= 11 is 0.797. The number of halogens is 3. The van der Waals surface area contributed by atoms with E-state index in [9.17, 15) is 31.2 Å². The number of thiophene rings is 1. The van der Waals surface area contributed by atoms with Gasteiger partial charge in [0.05, 0.1) is 28.8 Å². The topological polar surface area (TPSA) is 82.4 Å². The maximum Gasteiger partial charge on any atom is 0.416 e. The van der Waals surface area contributed by atoms with E-state index in [1.807, 2.05) is 24.3 Å². The lowest BCUT2D eigenvalue weighted by Gasteiger charge is -2.19. The van der Waals surface area contributed by atoms with Gasteiger partial charge in [-0.1, -0.05) is 57.2 Å². The average Bonchev–Trinajstić information content (AvgIpc) is 3.52. The number of hydrogen-bond donors (Lipinski definition) is 0. The Morgan fingerprint density at radius 3 is 2.30 bits per heavy atom. The van der Waals surface area contributed by atoms with Crippen LogP contribution in [-0.4, -0.2) is 37.0 Å². The molecule has 2 aromatic heterocycles. The molecule has 2 aromatic carbocycles. The third-order valence-electron chi connectivity index (χ3n) is 6.18. The van der Waals surface area contributed by atoms with Crippen LogP contribution in [0.1, 0.15) is 62.5 Å². The zero-order chi connectivity index (χ0) is 29.5. The van der Waals surface area contributed by atoms with Crippen molar-refractivity contribution in [1.29, 1.82) is 0 Å². The minimum absolute atomic E-state index is 0.0326. The molecule has 0 fully saturated rings. The largest absolute Gasteiger partial charge is 0.465 e. The van der Waals surface area contributed by atoms with Gasteiger partial charge in [-0.3, -0.25) is 4.79 Å². The van der Waals surface area contributed by atoms with E-state index >= 15 is 0 Å². The summed E-state index contributed by atoms with van der Waals surface area (Å²) in [5, 5.41) is -0.0617. The first-order chi connectivity index (χ1) is 18.6. The summed E-state index contributed by atoms with van der Waals surface area (Å²) in [6.07, 6.45) is -1.59. The number of esters is 1. The van der Waals surface area contributed by atoms with Crippen LogP contribution < -0.4 is 0 Å². The van der Waals surface area contributed by atoms with Gasteiger partial charge in [-0.05, 0) is 52.9 Å². The van der Waals surface area contributed by atoms with Crippen LogP contribution in [0, 0.1) is 0 Å². The van der Waals surface area contributed by atoms with Gasteiger partial charge in [0.25, 0.3) is 0 Å². The van der Waals surface area contributed by atoms with Crippen LogP contribution in [0.15, 0.2) is 66.7 Å². The Morgan fingerprint density at radius 2 is 1.65 bits per heavy atom. The Labute approximate surface area is 233 Å². The predicted octanol–water partition coefficient (Wildman–Crippen LogP) is 6.93. The minimum Gasteiger partial charge on any atom is -0.465 e. The number of nitrogens with zero attached hydrogens (tertiary/aromatic N) is 1. The lowest BCUT2D eigenvalue weighted by molar-refractivity contribution is -0.137. The Hall–Kier alpha value is -3.70. The summed E-state index contributed by atoms with van der Waals surface area (Å²) in [7, 11) is -3.08. The molecule has 0 unspecified atom stereocenters. The monoisotopic (exact) mass is 589 g/mol. The number of carbonyl (C=O) groups excluding carboxylic acids is 2. The van der Waals surface area contributed by atoms with Gasteiger partial charge in [0.1, 0.15) is 10.6 Å². The fourth-order valence-corrected chi connectivity index (χ4v) is 6.37. The SMILES string of the molecule is COC(=O)c1ccc(C(=O)c2cc3cc(C(F)(F)F)ccc3n2S(=O)(=O)CC=Cc2cccc(C(C)(C)C)c2)s1. The molecule has 0 bridgehead atoms. The molecule has 0 amide bonds. The van der Waals surface area contributed by atoms with E-state index in [4.69, 9.17) is 0 Å². The molecule has 0 N–H and O–H groups in total. The number of methoxy groups -OCH3 is 1. The van der Waals surface area contributed by atoms with E-state index < -0.39 is 39.3 Å². The molecule has 0 saturated heterocycles. The quantitative estimate of drug-likeness (QED) is 0.173. The van der Waals surface area contributed by atoms with Gasteiger partial charge >= 0.3 is 12.1 Å². The highest BCUT2D eigenvalue weighted by Gasteiger charge is 2.32. The van der Waals surface area contributed by atoms with Crippen LogP contribution in [0.4, 0.5) is 13.2 Å². The Bertz CT molecular complexity index is 1740. The number of rotatable bonds is 7. The third kappa shape index (κ3) is 6.05. The first-order valence-corrected chi connectivity index (χ1v) is 14.5. The van der Waals surface area contributed by atoms with Crippen molar-refractivity contribution in [1.82, 2.24) is 3.97 Å². The van der Waals surface area contributed by atoms with Crippen LogP contribution in [0.2, 0.25) is 0 Å². The number of ketones is 1. The van der Waals surface area contributed by atoms with Gasteiger partial charge in [-0.25, -0.2) is 17.2 Å². The first-order valence-electron chi connectivity index (χ1n) is 12.1. The van der Waals surface area contributed by atoms with Crippen molar-refractivity contribution in [3.8, 4) is 0 Å². The predicted molar refractivity (Wildman–Crippen MR) is 149 cm³/mol. The molecule has 0 atom stereocenters. The maximum atomic E-state index is 13.6. The second-order valence-corrected chi connectivity index (χ2v) is 13.1. The lowest BCUT2D eigenvalue weighted by atomic mass is 9.86. The van der Waals surface area contributed by atoms with Gasteiger partial charge in [-0.15, -0.1) is 11.3 Å². The van der Waals surface area contributed by atoms with E-state index in [1.54, 1.807) is 6.08 Å². The number of aromatic nitrogens is 1. The normalized spacial score (nSPS) is 12.8. The summed E-state index contributed by atoms with van der Waals surface area (Å²) < 4.78 is 72.7. The molecule has 0 aliphatic carbocycles. The smallest absolute Gasteiger partial charge is 0.416 e. The molecule has 4 aromatic rings. The highest BCUT2D eigenvalue weighted by molar-refractivity contribution is 7.90. The zero-order valence-electron chi connectivity index (χ0n) is 22.1.